The Kier molecular flexibility index (Phi) is 4.97. The number of rotatable bonds is 4. The minimum absolute atomic E-state index is 0.0244. The van der Waals surface area contributed by atoms with Crippen LogP contribution in [0.25, 0.3) is 0 Å². The molecule has 1 aromatic carbocycles. The van der Waals surface area contributed by atoms with E-state index in [4.69, 9.17) is 0 Å². The smallest absolute Gasteiger partial charge is 0.237 e. The van der Waals surface area contributed by atoms with E-state index in [-0.39, 0.29) is 11.9 Å². The molecule has 3 heteroatoms. The van der Waals surface area contributed by atoms with Crippen molar-refractivity contribution >= 4 is 5.91 Å². The minimum Gasteiger partial charge on any atom is -0.351 e. The van der Waals surface area contributed by atoms with Crippen molar-refractivity contribution in [2.45, 2.75) is 45.7 Å². The number of carbonyl (C=O) groups excluding carboxylic acids is 1. The average Bonchev–Trinajstić information content (AvgIpc) is 2.46. The third kappa shape index (κ3) is 3.80. The van der Waals surface area contributed by atoms with E-state index in [1.165, 1.54) is 12.0 Å². The molecular formula is C16H24N2O. The first kappa shape index (κ1) is 14.1. The molecule has 0 aliphatic carbocycles. The molecule has 0 aromatic heterocycles. The molecule has 1 heterocycles. The van der Waals surface area contributed by atoms with Gasteiger partial charge >= 0.3 is 0 Å². The molecule has 2 N–H and O–H groups in total. The van der Waals surface area contributed by atoms with Crippen molar-refractivity contribution < 1.29 is 4.79 Å². The van der Waals surface area contributed by atoms with Crippen molar-refractivity contribution in [3.63, 3.8) is 0 Å². The molecule has 1 amide bonds. The van der Waals surface area contributed by atoms with E-state index in [9.17, 15) is 4.79 Å². The summed E-state index contributed by atoms with van der Waals surface area (Å²) in [5.74, 6) is 0.558. The zero-order valence-corrected chi connectivity index (χ0v) is 11.9. The van der Waals surface area contributed by atoms with E-state index in [2.05, 4.69) is 48.7 Å². The number of piperidine rings is 1. The predicted molar refractivity (Wildman–Crippen MR) is 77.9 cm³/mol. The van der Waals surface area contributed by atoms with Gasteiger partial charge in [0.2, 0.25) is 5.91 Å². The summed E-state index contributed by atoms with van der Waals surface area (Å²) in [7, 11) is 0. The topological polar surface area (TPSA) is 41.1 Å². The number of carbonyl (C=O) groups is 1. The highest BCUT2D eigenvalue weighted by Gasteiger charge is 2.26. The summed E-state index contributed by atoms with van der Waals surface area (Å²) >= 11 is 0. The van der Waals surface area contributed by atoms with Gasteiger partial charge in [-0.05, 0) is 42.9 Å². The number of amides is 1. The number of hydrogen-bond donors (Lipinski definition) is 2. The van der Waals surface area contributed by atoms with Crippen LogP contribution >= 0.6 is 0 Å². The van der Waals surface area contributed by atoms with E-state index >= 15 is 0 Å². The Morgan fingerprint density at radius 2 is 2.00 bits per heavy atom. The molecule has 104 valence electrons. The number of aryl methyl sites for hydroxylation is 1. The van der Waals surface area contributed by atoms with Gasteiger partial charge in [0.05, 0.1) is 6.04 Å². The van der Waals surface area contributed by atoms with Gasteiger partial charge in [-0.1, -0.05) is 38.1 Å². The third-order valence-corrected chi connectivity index (χ3v) is 3.95. The third-order valence-electron chi connectivity index (χ3n) is 3.95. The molecule has 1 aliphatic heterocycles. The standard InChI is InChI=1S/C16H24N2O/c1-3-13-6-8-14(9-7-13)11-18-16(19)15-12(2)5-4-10-17-15/h6-9,12,15,17H,3-5,10-11H2,1-2H3,(H,18,19). The van der Waals surface area contributed by atoms with Crippen LogP contribution in [0.5, 0.6) is 0 Å². The summed E-state index contributed by atoms with van der Waals surface area (Å²) < 4.78 is 0. The molecule has 3 nitrogen and oxygen atoms in total. The minimum atomic E-state index is -0.0244. The van der Waals surface area contributed by atoms with Gasteiger partial charge in [0.1, 0.15) is 0 Å². The second-order valence-electron chi connectivity index (χ2n) is 5.44. The highest BCUT2D eigenvalue weighted by molar-refractivity contribution is 5.82. The lowest BCUT2D eigenvalue weighted by atomic mass is 9.92. The fourth-order valence-corrected chi connectivity index (χ4v) is 2.59. The number of hydrogen-bond acceptors (Lipinski definition) is 2. The van der Waals surface area contributed by atoms with Crippen LogP contribution in [0.4, 0.5) is 0 Å². The van der Waals surface area contributed by atoms with Crippen LogP contribution in [0.2, 0.25) is 0 Å². The maximum atomic E-state index is 12.1. The monoisotopic (exact) mass is 260 g/mol. The Balaban J connectivity index is 1.85. The van der Waals surface area contributed by atoms with Crippen molar-refractivity contribution in [1.29, 1.82) is 0 Å². The van der Waals surface area contributed by atoms with Crippen LogP contribution in [0.15, 0.2) is 24.3 Å². The van der Waals surface area contributed by atoms with Gasteiger partial charge in [-0.15, -0.1) is 0 Å². The van der Waals surface area contributed by atoms with Gasteiger partial charge < -0.3 is 10.6 Å². The highest BCUT2D eigenvalue weighted by Crippen LogP contribution is 2.15. The average molecular weight is 260 g/mol. The number of nitrogens with one attached hydrogen (secondary N) is 2. The maximum Gasteiger partial charge on any atom is 0.237 e. The maximum absolute atomic E-state index is 12.1. The molecule has 2 unspecified atom stereocenters. The first-order valence-corrected chi connectivity index (χ1v) is 7.29. The van der Waals surface area contributed by atoms with E-state index in [1.54, 1.807) is 0 Å². The first-order valence-electron chi connectivity index (χ1n) is 7.29. The molecule has 2 atom stereocenters. The second kappa shape index (κ2) is 6.71. The lowest BCUT2D eigenvalue weighted by molar-refractivity contribution is -0.125. The molecule has 2 rings (SSSR count). The molecule has 1 fully saturated rings. The normalized spacial score (nSPS) is 23.1. The van der Waals surface area contributed by atoms with Gasteiger partial charge in [0, 0.05) is 6.54 Å². The molecular weight excluding hydrogens is 236 g/mol. The summed E-state index contributed by atoms with van der Waals surface area (Å²) in [6.45, 7) is 5.86. The van der Waals surface area contributed by atoms with Crippen LogP contribution in [0, 0.1) is 5.92 Å². The fraction of sp³-hybridized carbons (Fsp3) is 0.562. The molecule has 19 heavy (non-hydrogen) atoms. The Labute approximate surface area is 115 Å². The van der Waals surface area contributed by atoms with Crippen molar-refractivity contribution in [3.05, 3.63) is 35.4 Å². The summed E-state index contributed by atoms with van der Waals surface area (Å²) in [5.41, 5.74) is 2.49. The first-order chi connectivity index (χ1) is 9.20. The van der Waals surface area contributed by atoms with Gasteiger partial charge in [-0.25, -0.2) is 0 Å². The second-order valence-corrected chi connectivity index (χ2v) is 5.44. The largest absolute Gasteiger partial charge is 0.351 e. The molecule has 1 aliphatic rings. The van der Waals surface area contributed by atoms with Gasteiger partial charge in [-0.2, -0.15) is 0 Å². The predicted octanol–water partition coefficient (Wildman–Crippen LogP) is 2.25. The Morgan fingerprint density at radius 1 is 1.32 bits per heavy atom. The van der Waals surface area contributed by atoms with Crippen LogP contribution in [0.3, 0.4) is 0 Å². The van der Waals surface area contributed by atoms with Gasteiger partial charge in [-0.3, -0.25) is 4.79 Å². The Hall–Kier alpha value is -1.35. The molecule has 0 spiro atoms. The molecule has 0 radical (unpaired) electrons. The fourth-order valence-electron chi connectivity index (χ4n) is 2.59. The highest BCUT2D eigenvalue weighted by atomic mass is 16.2. The van der Waals surface area contributed by atoms with E-state index < -0.39 is 0 Å². The van der Waals surface area contributed by atoms with Crippen LogP contribution in [-0.2, 0) is 17.8 Å². The van der Waals surface area contributed by atoms with Crippen molar-refractivity contribution in [1.82, 2.24) is 10.6 Å². The molecule has 1 aromatic rings. The van der Waals surface area contributed by atoms with Gasteiger partial charge in [0.25, 0.3) is 0 Å². The van der Waals surface area contributed by atoms with Crippen LogP contribution in [-0.4, -0.2) is 18.5 Å². The van der Waals surface area contributed by atoms with E-state index in [1.807, 2.05) is 0 Å². The summed E-state index contributed by atoms with van der Waals surface area (Å²) in [5, 5.41) is 6.35. The lowest BCUT2D eigenvalue weighted by Gasteiger charge is -2.28. The van der Waals surface area contributed by atoms with Crippen molar-refractivity contribution in [3.8, 4) is 0 Å². The quantitative estimate of drug-likeness (QED) is 0.872. The molecule has 0 bridgehead atoms. The van der Waals surface area contributed by atoms with Crippen LogP contribution < -0.4 is 10.6 Å². The lowest BCUT2D eigenvalue weighted by Crippen LogP contribution is -2.50. The van der Waals surface area contributed by atoms with Crippen LogP contribution in [0.1, 0.15) is 37.8 Å². The summed E-state index contributed by atoms with van der Waals surface area (Å²) in [4.78, 5) is 12.1. The number of benzene rings is 1. The molecule has 0 saturated carbocycles. The zero-order valence-electron chi connectivity index (χ0n) is 11.9. The van der Waals surface area contributed by atoms with E-state index in [0.717, 1.165) is 24.9 Å². The summed E-state index contributed by atoms with van der Waals surface area (Å²) in [6.07, 6.45) is 3.36. The van der Waals surface area contributed by atoms with Crippen molar-refractivity contribution in [2.75, 3.05) is 6.54 Å². The van der Waals surface area contributed by atoms with Crippen molar-refractivity contribution in [2.24, 2.45) is 5.92 Å². The Bertz CT molecular complexity index is 413. The zero-order chi connectivity index (χ0) is 13.7. The summed E-state index contributed by atoms with van der Waals surface area (Å²) in [6, 6.07) is 8.42. The van der Waals surface area contributed by atoms with Gasteiger partial charge in [0.15, 0.2) is 0 Å². The van der Waals surface area contributed by atoms with E-state index in [0.29, 0.717) is 12.5 Å². The SMILES string of the molecule is CCc1ccc(CNC(=O)C2NCCCC2C)cc1. The molecule has 1 saturated heterocycles. The Morgan fingerprint density at radius 3 is 2.63 bits per heavy atom.